The quantitative estimate of drug-likeness (QED) is 0.0295. The van der Waals surface area contributed by atoms with Crippen LogP contribution in [0.1, 0.15) is 152 Å². The zero-order valence-electron chi connectivity index (χ0n) is 75.6. The fourth-order valence-corrected chi connectivity index (χ4v) is 17.5. The van der Waals surface area contributed by atoms with Gasteiger partial charge in [-0.2, -0.15) is 25.7 Å². The van der Waals surface area contributed by atoms with Crippen molar-refractivity contribution in [3.05, 3.63) is 294 Å². The highest BCUT2D eigenvalue weighted by Crippen LogP contribution is 2.34. The molecule has 14 heterocycles. The Bertz CT molecular complexity index is 6790. The van der Waals surface area contributed by atoms with Gasteiger partial charge in [0, 0.05) is 156 Å². The number of aromatic nitrogens is 14. The smallest absolute Gasteiger partial charge is 0.276 e. The number of piperidine rings is 3. The van der Waals surface area contributed by atoms with Crippen LogP contribution in [0.3, 0.4) is 0 Å². The molecular formula is C104H109N25O4. The molecule has 0 spiro atoms. The molecule has 133 heavy (non-hydrogen) atoms. The third-order valence-corrected chi connectivity index (χ3v) is 24.2. The molecule has 20 rings (SSSR count). The molecule has 4 saturated heterocycles. The number of anilines is 5. The summed E-state index contributed by atoms with van der Waals surface area (Å²) in [5.41, 5.74) is 22.8. The SMILES string of the molecule is CN(C)Cc1cncc(-c2ccc3[nH]nc(C(=O)Nc4ccc(C#N)cc4)c3c2)c1.CN(C)Cc1cncc(-c2ccc3[nH]nc(C(=O)Nc4cccc(CN5CCCCC5)c4)c3c2)c1.Cc1ccc(NC(=O)c2n[nH]c3ccc(-c4cncc(CN5CCCCC5)c4)cc23)cn1.O=C(Nc1ccc(N2CCCC2)nc1)c1n[nH]c2ccc(-c3cncc(CN4CCCCC4)c3)cc12. The number of H-pyrrole nitrogens is 4. The molecule has 4 aliphatic heterocycles. The first-order valence-corrected chi connectivity index (χ1v) is 45.6. The van der Waals surface area contributed by atoms with Gasteiger partial charge >= 0.3 is 0 Å². The van der Waals surface area contributed by atoms with E-state index in [1.165, 1.54) is 87.3 Å². The number of rotatable bonds is 23. The summed E-state index contributed by atoms with van der Waals surface area (Å²) in [6.07, 6.45) is 32.4. The summed E-state index contributed by atoms with van der Waals surface area (Å²) in [7, 11) is 8.11. The van der Waals surface area contributed by atoms with Crippen LogP contribution in [-0.4, -0.2) is 199 Å². The normalized spacial score (nSPS) is 14.2. The summed E-state index contributed by atoms with van der Waals surface area (Å²) >= 11 is 0. The molecule has 4 aliphatic rings. The highest BCUT2D eigenvalue weighted by Gasteiger charge is 2.24. The van der Waals surface area contributed by atoms with E-state index in [1.54, 1.807) is 36.7 Å². The molecule has 16 aromatic rings. The molecular weight excluding hydrogens is 1660 g/mol. The van der Waals surface area contributed by atoms with Crippen molar-refractivity contribution in [1.29, 1.82) is 5.26 Å². The number of nitrogens with zero attached hydrogens (tertiary/aromatic N) is 17. The Morgan fingerprint density at radius 1 is 0.338 bits per heavy atom. The minimum atomic E-state index is -0.317. The Balaban J connectivity index is 0.000000124. The molecule has 29 heteroatoms. The highest BCUT2D eigenvalue weighted by molar-refractivity contribution is 6.14. The van der Waals surface area contributed by atoms with Crippen LogP contribution in [0.2, 0.25) is 0 Å². The van der Waals surface area contributed by atoms with Crippen molar-refractivity contribution in [2.75, 3.05) is 107 Å². The van der Waals surface area contributed by atoms with Crippen molar-refractivity contribution < 1.29 is 19.2 Å². The van der Waals surface area contributed by atoms with E-state index in [9.17, 15) is 19.2 Å². The Kier molecular flexibility index (Phi) is 28.9. The second-order valence-corrected chi connectivity index (χ2v) is 35.1. The maximum Gasteiger partial charge on any atom is 0.276 e. The molecule has 0 radical (unpaired) electrons. The standard InChI is InChI=1S/C28H31N7O.C28H32N6O.C25H26N6O.C23H20N6O/c36-28(31-23-7-9-26(30-18-23)35-12-4-5-13-35)27-24-15-21(6-8-25(24)32-33-27)22-14-20(16-29-17-22)19-34-10-2-1-3-11-34;1-33(2)18-21-13-23(17-29-16-21)22-9-10-26-25(15-22)27(32-31-26)28(35)30-24-8-6-7-20(14-24)19-34-11-4-3-5-12-34;1-17-5-7-21(15-27-17)28-25(32)24-22-12-19(6-8-23(22)29-30-24)20-11-18(13-26-14-20)16-31-9-3-2-4-10-31;1-29(2)14-16-9-18(13-25-12-16)17-5-8-21-20(10-17)22(28-27-21)23(30)26-19-6-3-15(11-24)4-7-19/h6-9,14-18H,1-5,10-13,19H2,(H,31,36)(H,32,33);6-10,13-17H,3-5,11-12,18-19H2,1-2H3,(H,30,35)(H,31,32);5-8,11-15H,2-4,9-10,16H2,1H3,(H,28,32)(H,29,30);3-10,12-13H,14H2,1-2H3,(H,26,30)(H,27,28). The van der Waals surface area contributed by atoms with Gasteiger partial charge in [0.25, 0.3) is 23.6 Å². The van der Waals surface area contributed by atoms with E-state index in [0.717, 1.165) is 202 Å². The van der Waals surface area contributed by atoms with Crippen LogP contribution in [0.4, 0.5) is 28.6 Å². The number of benzene rings is 6. The van der Waals surface area contributed by atoms with Gasteiger partial charge in [-0.3, -0.25) is 79.2 Å². The number of carbonyl (C=O) groups excluding carboxylic acids is 4. The van der Waals surface area contributed by atoms with Crippen molar-refractivity contribution in [2.24, 2.45) is 0 Å². The third-order valence-electron chi connectivity index (χ3n) is 24.2. The zero-order valence-corrected chi connectivity index (χ0v) is 75.6. The van der Waals surface area contributed by atoms with Gasteiger partial charge in [0.05, 0.1) is 57.5 Å². The summed E-state index contributed by atoms with van der Waals surface area (Å²) in [5, 5.41) is 52.7. The fraction of sp³-hybridized carbons (Fsp3) is 0.279. The Hall–Kier alpha value is -14.9. The first-order chi connectivity index (χ1) is 65.0. The maximum atomic E-state index is 13.2. The monoisotopic (exact) mass is 1770 g/mol. The lowest BCUT2D eigenvalue weighted by molar-refractivity contribution is 0.101. The number of aromatic amines is 4. The zero-order chi connectivity index (χ0) is 91.5. The number of carbonyl (C=O) groups is 4. The Morgan fingerprint density at radius 2 is 0.684 bits per heavy atom. The van der Waals surface area contributed by atoms with E-state index in [-0.39, 0.29) is 23.6 Å². The average molecular weight is 1770 g/mol. The number of hydrogen-bond acceptors (Lipinski definition) is 21. The van der Waals surface area contributed by atoms with Crippen molar-refractivity contribution in [3.8, 4) is 50.6 Å². The van der Waals surface area contributed by atoms with E-state index >= 15 is 0 Å². The second-order valence-electron chi connectivity index (χ2n) is 35.1. The van der Waals surface area contributed by atoms with Crippen LogP contribution >= 0.6 is 0 Å². The van der Waals surface area contributed by atoms with Gasteiger partial charge in [0.15, 0.2) is 22.8 Å². The lowest BCUT2D eigenvalue weighted by Gasteiger charge is -2.26. The van der Waals surface area contributed by atoms with Gasteiger partial charge in [-0.05, 0) is 309 Å². The molecule has 4 fully saturated rings. The Morgan fingerprint density at radius 3 is 1.05 bits per heavy atom. The largest absolute Gasteiger partial charge is 0.357 e. The van der Waals surface area contributed by atoms with E-state index in [1.807, 2.05) is 194 Å². The van der Waals surface area contributed by atoms with Crippen molar-refractivity contribution in [2.45, 2.75) is 110 Å². The van der Waals surface area contributed by atoms with E-state index in [4.69, 9.17) is 5.26 Å². The van der Waals surface area contributed by atoms with Gasteiger partial charge in [-0.25, -0.2) is 4.98 Å². The third kappa shape index (κ3) is 23.3. The van der Waals surface area contributed by atoms with Crippen LogP contribution in [0.5, 0.6) is 0 Å². The summed E-state index contributed by atoms with van der Waals surface area (Å²) in [6, 6.07) is 57.0. The number of pyridine rings is 6. The van der Waals surface area contributed by atoms with Crippen molar-refractivity contribution in [3.63, 3.8) is 0 Å². The van der Waals surface area contributed by atoms with Crippen LogP contribution in [0.25, 0.3) is 88.1 Å². The number of hydrogen-bond donors (Lipinski definition) is 8. The minimum Gasteiger partial charge on any atom is -0.357 e. The van der Waals surface area contributed by atoms with Crippen LogP contribution < -0.4 is 26.2 Å². The number of amides is 4. The molecule has 8 N–H and O–H groups in total. The number of likely N-dealkylation sites (tertiary alicyclic amines) is 3. The molecule has 0 unspecified atom stereocenters. The first kappa shape index (κ1) is 90.0. The molecule has 0 bridgehead atoms. The summed E-state index contributed by atoms with van der Waals surface area (Å²) in [4.78, 5) is 92.4. The Labute approximate surface area is 772 Å². The van der Waals surface area contributed by atoms with Gasteiger partial charge in [0.1, 0.15) is 5.82 Å². The summed E-state index contributed by atoms with van der Waals surface area (Å²) in [5.74, 6) is -0.107. The molecule has 6 aromatic carbocycles. The van der Waals surface area contributed by atoms with E-state index in [0.29, 0.717) is 45.4 Å². The van der Waals surface area contributed by atoms with Crippen LogP contribution in [0.15, 0.2) is 232 Å². The van der Waals surface area contributed by atoms with Crippen LogP contribution in [0, 0.1) is 18.3 Å². The average Bonchev–Trinajstić information content (AvgIpc) is 1.65. The first-order valence-electron chi connectivity index (χ1n) is 45.6. The molecule has 4 amide bonds. The molecule has 0 atom stereocenters. The predicted octanol–water partition coefficient (Wildman–Crippen LogP) is 18.2. The number of aryl methyl sites for hydroxylation is 1. The molecule has 0 saturated carbocycles. The number of nitriles is 1. The number of nitrogens with one attached hydrogen (secondary N) is 8. The summed E-state index contributed by atoms with van der Waals surface area (Å²) in [6.45, 7) is 15.3. The van der Waals surface area contributed by atoms with Gasteiger partial charge in [-0.1, -0.05) is 55.7 Å². The van der Waals surface area contributed by atoms with E-state index in [2.05, 4.69) is 164 Å². The molecule has 29 nitrogen and oxygen atoms in total. The molecule has 0 aliphatic carbocycles. The minimum absolute atomic E-state index is 0.219. The van der Waals surface area contributed by atoms with Crippen molar-refractivity contribution in [1.82, 2.24) is 95.2 Å². The fourth-order valence-electron chi connectivity index (χ4n) is 17.5. The maximum absolute atomic E-state index is 13.2. The van der Waals surface area contributed by atoms with Gasteiger partial charge < -0.3 is 36.0 Å². The van der Waals surface area contributed by atoms with Crippen molar-refractivity contribution >= 4 is 95.8 Å². The predicted molar refractivity (Wildman–Crippen MR) is 524 cm³/mol. The lowest BCUT2D eigenvalue weighted by Crippen LogP contribution is -2.29. The number of fused-ring (bicyclic) bond motifs is 4. The lowest BCUT2D eigenvalue weighted by atomic mass is 10.0. The van der Waals surface area contributed by atoms with E-state index < -0.39 is 0 Å². The molecule has 10 aromatic heterocycles. The van der Waals surface area contributed by atoms with Crippen LogP contribution in [-0.2, 0) is 32.7 Å². The molecule has 674 valence electrons. The topological polar surface area (TPSA) is 352 Å². The highest BCUT2D eigenvalue weighted by atomic mass is 16.2. The van der Waals surface area contributed by atoms with Gasteiger partial charge in [0.2, 0.25) is 0 Å². The van der Waals surface area contributed by atoms with Gasteiger partial charge in [-0.15, -0.1) is 0 Å². The second kappa shape index (κ2) is 42.8. The summed E-state index contributed by atoms with van der Waals surface area (Å²) < 4.78 is 0.